The maximum atomic E-state index is 11.0. The van der Waals surface area contributed by atoms with Crippen LogP contribution in [0.2, 0.25) is 0 Å². The minimum Gasteiger partial charge on any atom is -0.269 e. The molecule has 0 aliphatic carbocycles. The first-order chi connectivity index (χ1) is 5.38. The third kappa shape index (κ3) is 0.899. The highest BCUT2D eigenvalue weighted by atomic mass is 16.1. The third-order valence-electron chi connectivity index (χ3n) is 1.40. The van der Waals surface area contributed by atoms with Crippen molar-refractivity contribution >= 4 is 18.0 Å². The molecule has 11 heavy (non-hydrogen) atoms. The Balaban J connectivity index is 2.43. The fraction of sp³-hybridized carbons (Fsp3) is 0.167. The molecule has 1 atom stereocenters. The smallest absolute Gasteiger partial charge is 0.269 e. The molecule has 0 bridgehead atoms. The molecule has 0 saturated carbocycles. The summed E-state index contributed by atoms with van der Waals surface area (Å²) >= 11 is 0. The predicted molar refractivity (Wildman–Crippen MR) is 38.7 cm³/mol. The molecule has 2 rings (SSSR count). The monoisotopic (exact) mass is 148 g/mol. The van der Waals surface area contributed by atoms with Crippen LogP contribution in [0.25, 0.3) is 0 Å². The molecule has 0 aromatic carbocycles. The number of azo groups is 1. The van der Waals surface area contributed by atoms with Gasteiger partial charge in [-0.15, -0.1) is 0 Å². The van der Waals surface area contributed by atoms with Gasteiger partial charge in [0.2, 0.25) is 0 Å². The lowest BCUT2D eigenvalue weighted by atomic mass is 10.1. The second kappa shape index (κ2) is 2.19. The molecule has 0 saturated heterocycles. The van der Waals surface area contributed by atoms with Gasteiger partial charge in [-0.2, -0.15) is 15.2 Å². The van der Waals surface area contributed by atoms with Crippen molar-refractivity contribution in [3.05, 3.63) is 12.3 Å². The highest BCUT2D eigenvalue weighted by Crippen LogP contribution is 2.08. The molecule has 0 spiro atoms. The summed E-state index contributed by atoms with van der Waals surface area (Å²) in [5.41, 5.74) is 0.611. The Bertz CT molecular complexity index is 313. The summed E-state index contributed by atoms with van der Waals surface area (Å²) in [6.45, 7) is 0. The second-order valence-corrected chi connectivity index (χ2v) is 2.09. The van der Waals surface area contributed by atoms with E-state index in [2.05, 4.69) is 20.2 Å². The highest BCUT2D eigenvalue weighted by molar-refractivity contribution is 6.19. The van der Waals surface area contributed by atoms with E-state index in [-0.39, 0.29) is 5.91 Å². The Morgan fingerprint density at radius 3 is 3.18 bits per heavy atom. The molecular formula is C6H4N4O. The Morgan fingerprint density at radius 1 is 1.45 bits per heavy atom. The van der Waals surface area contributed by atoms with E-state index in [4.69, 9.17) is 0 Å². The minimum absolute atomic E-state index is 0.303. The summed E-state index contributed by atoms with van der Waals surface area (Å²) in [6.07, 6.45) is 4.39. The van der Waals surface area contributed by atoms with Gasteiger partial charge in [0.25, 0.3) is 5.91 Å². The van der Waals surface area contributed by atoms with E-state index in [0.29, 0.717) is 5.71 Å². The van der Waals surface area contributed by atoms with Gasteiger partial charge in [-0.05, 0) is 6.08 Å². The van der Waals surface area contributed by atoms with Crippen molar-refractivity contribution in [3.63, 3.8) is 0 Å². The first kappa shape index (κ1) is 6.09. The van der Waals surface area contributed by atoms with Crippen molar-refractivity contribution in [2.24, 2.45) is 20.2 Å². The number of rotatable bonds is 0. The van der Waals surface area contributed by atoms with E-state index in [1.54, 1.807) is 6.08 Å². The summed E-state index contributed by atoms with van der Waals surface area (Å²) in [4.78, 5) is 18.3. The highest BCUT2D eigenvalue weighted by Gasteiger charge is 2.25. The van der Waals surface area contributed by atoms with Crippen LogP contribution in [0.4, 0.5) is 0 Å². The first-order valence-corrected chi connectivity index (χ1v) is 3.08. The Morgan fingerprint density at radius 2 is 2.36 bits per heavy atom. The zero-order valence-corrected chi connectivity index (χ0v) is 5.51. The summed E-state index contributed by atoms with van der Waals surface area (Å²) < 4.78 is 0. The number of nitrogens with zero attached hydrogens (tertiary/aromatic N) is 4. The van der Waals surface area contributed by atoms with Gasteiger partial charge in [0, 0.05) is 0 Å². The van der Waals surface area contributed by atoms with Gasteiger partial charge >= 0.3 is 0 Å². The van der Waals surface area contributed by atoms with E-state index < -0.39 is 6.04 Å². The van der Waals surface area contributed by atoms with Crippen LogP contribution in [0, 0.1) is 0 Å². The summed E-state index contributed by atoms with van der Waals surface area (Å²) in [6, 6.07) is -0.593. The summed E-state index contributed by atoms with van der Waals surface area (Å²) in [7, 11) is 0. The van der Waals surface area contributed by atoms with Gasteiger partial charge in [-0.1, -0.05) is 0 Å². The average Bonchev–Trinajstić information content (AvgIpc) is 2.06. The maximum Gasteiger partial charge on any atom is 0.280 e. The molecule has 5 heteroatoms. The lowest BCUT2D eigenvalue weighted by Crippen LogP contribution is -2.29. The first-order valence-electron chi connectivity index (χ1n) is 3.08. The summed E-state index contributed by atoms with van der Waals surface area (Å²) in [5.74, 6) is -0.303. The summed E-state index contributed by atoms with van der Waals surface area (Å²) in [5, 5.41) is 7.26. The number of carbonyl (C=O) groups is 1. The van der Waals surface area contributed by atoms with Crippen LogP contribution in [0.3, 0.4) is 0 Å². The van der Waals surface area contributed by atoms with E-state index in [1.807, 2.05) is 0 Å². The number of amides is 1. The fourth-order valence-corrected chi connectivity index (χ4v) is 0.878. The van der Waals surface area contributed by atoms with Gasteiger partial charge in [0.1, 0.15) is 6.34 Å². The fourth-order valence-electron chi connectivity index (χ4n) is 0.878. The van der Waals surface area contributed by atoms with Gasteiger partial charge in [-0.3, -0.25) is 4.79 Å². The van der Waals surface area contributed by atoms with Crippen LogP contribution in [0.5, 0.6) is 0 Å². The van der Waals surface area contributed by atoms with Crippen molar-refractivity contribution in [1.82, 2.24) is 0 Å². The van der Waals surface area contributed by atoms with E-state index in [0.717, 1.165) is 0 Å². The molecule has 0 aromatic rings. The van der Waals surface area contributed by atoms with Crippen LogP contribution in [-0.4, -0.2) is 24.0 Å². The third-order valence-corrected chi connectivity index (χ3v) is 1.40. The molecule has 1 amide bonds. The van der Waals surface area contributed by atoms with Crippen LogP contribution in [0.15, 0.2) is 32.5 Å². The van der Waals surface area contributed by atoms with Gasteiger partial charge in [0.05, 0.1) is 11.9 Å². The van der Waals surface area contributed by atoms with Crippen LogP contribution >= 0.6 is 0 Å². The van der Waals surface area contributed by atoms with Crippen LogP contribution in [0.1, 0.15) is 0 Å². The van der Waals surface area contributed by atoms with Gasteiger partial charge in [0.15, 0.2) is 6.04 Å². The quantitative estimate of drug-likeness (QED) is 0.488. The maximum absolute atomic E-state index is 11.0. The number of hydrogen-bond acceptors (Lipinski definition) is 4. The van der Waals surface area contributed by atoms with Crippen molar-refractivity contribution in [2.45, 2.75) is 6.04 Å². The van der Waals surface area contributed by atoms with Crippen molar-refractivity contribution in [3.8, 4) is 0 Å². The van der Waals surface area contributed by atoms with Crippen LogP contribution in [-0.2, 0) is 4.79 Å². The molecule has 0 fully saturated rings. The second-order valence-electron chi connectivity index (χ2n) is 2.09. The largest absolute Gasteiger partial charge is 0.280 e. The SMILES string of the molecule is O=C1N=CN=C2C=CN=NC12. The standard InChI is InChI=1S/C6H4N4O/c11-6-5-4(7-3-8-6)1-2-9-10-5/h1-3,5H. The predicted octanol–water partition coefficient (Wildman–Crippen LogP) is 0.344. The molecule has 0 radical (unpaired) electrons. The van der Waals surface area contributed by atoms with Crippen LogP contribution < -0.4 is 0 Å². The Hall–Kier alpha value is -1.65. The number of carbonyl (C=O) groups excluding carboxylic acids is 1. The molecule has 2 aliphatic rings. The number of fused-ring (bicyclic) bond motifs is 1. The van der Waals surface area contributed by atoms with Crippen molar-refractivity contribution in [1.29, 1.82) is 0 Å². The van der Waals surface area contributed by atoms with Crippen molar-refractivity contribution < 1.29 is 4.79 Å². The molecule has 0 N–H and O–H groups in total. The van der Waals surface area contributed by atoms with E-state index in [9.17, 15) is 4.79 Å². The molecular weight excluding hydrogens is 144 g/mol. The van der Waals surface area contributed by atoms with Crippen molar-refractivity contribution in [2.75, 3.05) is 0 Å². The number of aliphatic imine (C=N–C) groups is 2. The van der Waals surface area contributed by atoms with E-state index >= 15 is 0 Å². The molecule has 0 aromatic heterocycles. The molecule has 1 unspecified atom stereocenters. The normalized spacial score (nSPS) is 26.7. The Labute approximate surface area is 62.3 Å². The number of hydrogen-bond donors (Lipinski definition) is 0. The molecule has 2 heterocycles. The molecule has 2 aliphatic heterocycles. The average molecular weight is 148 g/mol. The lowest BCUT2D eigenvalue weighted by Gasteiger charge is -2.11. The molecule has 54 valence electrons. The lowest BCUT2D eigenvalue weighted by molar-refractivity contribution is -0.117. The topological polar surface area (TPSA) is 66.5 Å². The minimum atomic E-state index is -0.593. The Kier molecular flexibility index (Phi) is 1.21. The van der Waals surface area contributed by atoms with Gasteiger partial charge < -0.3 is 0 Å². The molecule has 5 nitrogen and oxygen atoms in total. The zero-order valence-electron chi connectivity index (χ0n) is 5.51. The zero-order chi connectivity index (χ0) is 7.68. The van der Waals surface area contributed by atoms with E-state index in [1.165, 1.54) is 12.5 Å². The van der Waals surface area contributed by atoms with Gasteiger partial charge in [-0.25, -0.2) is 4.99 Å².